The Labute approximate surface area is 150 Å². The molecular weight excluding hydrogens is 368 g/mol. The highest BCUT2D eigenvalue weighted by molar-refractivity contribution is 9.10. The summed E-state index contributed by atoms with van der Waals surface area (Å²) in [5, 5.41) is 2.98. The van der Waals surface area contributed by atoms with Crippen molar-refractivity contribution in [2.45, 2.75) is 6.42 Å². The number of amides is 1. The highest BCUT2D eigenvalue weighted by Gasteiger charge is 2.12. The topological polar surface area (TPSA) is 41.6 Å². The van der Waals surface area contributed by atoms with Crippen LogP contribution in [0.15, 0.2) is 53.0 Å². The van der Waals surface area contributed by atoms with Crippen molar-refractivity contribution >= 4 is 27.5 Å². The Hall–Kier alpha value is -1.85. The molecule has 1 amide bonds. The van der Waals surface area contributed by atoms with Gasteiger partial charge in [-0.2, -0.15) is 0 Å². The van der Waals surface area contributed by atoms with Gasteiger partial charge in [0.2, 0.25) is 0 Å². The second kappa shape index (κ2) is 8.31. The van der Waals surface area contributed by atoms with Gasteiger partial charge >= 0.3 is 0 Å². The van der Waals surface area contributed by atoms with Crippen LogP contribution >= 0.6 is 15.9 Å². The Morgan fingerprint density at radius 2 is 1.79 bits per heavy atom. The summed E-state index contributed by atoms with van der Waals surface area (Å²) in [5.41, 5.74) is 3.03. The quantitative estimate of drug-likeness (QED) is 0.854. The van der Waals surface area contributed by atoms with E-state index in [0.717, 1.165) is 42.9 Å². The minimum Gasteiger partial charge on any atom is -0.378 e. The average molecular weight is 389 g/mol. The second-order valence-corrected chi connectivity index (χ2v) is 6.60. The van der Waals surface area contributed by atoms with Gasteiger partial charge in [0.05, 0.1) is 13.2 Å². The summed E-state index contributed by atoms with van der Waals surface area (Å²) in [7, 11) is 0. The van der Waals surface area contributed by atoms with Crippen molar-refractivity contribution in [3.05, 3.63) is 64.1 Å². The number of nitrogens with one attached hydrogen (secondary N) is 1. The number of benzene rings is 2. The number of rotatable bonds is 5. The van der Waals surface area contributed by atoms with Crippen LogP contribution in [0.3, 0.4) is 0 Å². The van der Waals surface area contributed by atoms with Gasteiger partial charge in [-0.05, 0) is 42.3 Å². The van der Waals surface area contributed by atoms with Gasteiger partial charge in [0.1, 0.15) is 0 Å². The third-order valence-corrected chi connectivity index (χ3v) is 4.92. The maximum Gasteiger partial charge on any atom is 0.251 e. The molecule has 5 heteroatoms. The average Bonchev–Trinajstić information content (AvgIpc) is 2.64. The summed E-state index contributed by atoms with van der Waals surface area (Å²) in [6.07, 6.45) is 0.805. The summed E-state index contributed by atoms with van der Waals surface area (Å²) in [6, 6.07) is 15.9. The van der Waals surface area contributed by atoms with Crippen LogP contribution in [0.25, 0.3) is 0 Å². The zero-order valence-electron chi connectivity index (χ0n) is 13.5. The van der Waals surface area contributed by atoms with Gasteiger partial charge in [-0.15, -0.1) is 0 Å². The first kappa shape index (κ1) is 17.0. The molecule has 1 heterocycles. The van der Waals surface area contributed by atoms with Crippen LogP contribution in [-0.4, -0.2) is 38.8 Å². The minimum atomic E-state index is -0.0319. The molecule has 1 fully saturated rings. The predicted molar refractivity (Wildman–Crippen MR) is 99.7 cm³/mol. The number of hydrogen-bond acceptors (Lipinski definition) is 3. The number of halogens is 1. The lowest BCUT2D eigenvalue weighted by atomic mass is 10.1. The third-order valence-electron chi connectivity index (χ3n) is 4.14. The summed E-state index contributed by atoms with van der Waals surface area (Å²) in [5.74, 6) is -0.0319. The maximum atomic E-state index is 12.3. The summed E-state index contributed by atoms with van der Waals surface area (Å²) in [4.78, 5) is 14.5. The van der Waals surface area contributed by atoms with E-state index in [9.17, 15) is 4.79 Å². The molecule has 1 saturated heterocycles. The van der Waals surface area contributed by atoms with Crippen molar-refractivity contribution in [1.82, 2.24) is 5.32 Å². The van der Waals surface area contributed by atoms with Crippen molar-refractivity contribution in [3.63, 3.8) is 0 Å². The number of hydrogen-bond donors (Lipinski definition) is 1. The molecule has 0 aliphatic carbocycles. The fourth-order valence-electron chi connectivity index (χ4n) is 2.76. The number of carbonyl (C=O) groups excluding carboxylic acids is 1. The van der Waals surface area contributed by atoms with Gasteiger partial charge < -0.3 is 15.0 Å². The molecule has 4 nitrogen and oxygen atoms in total. The molecule has 126 valence electrons. The Morgan fingerprint density at radius 1 is 1.08 bits per heavy atom. The molecule has 0 saturated carbocycles. The van der Waals surface area contributed by atoms with Gasteiger partial charge in [0, 0.05) is 35.4 Å². The molecular formula is C19H21BrN2O2. The van der Waals surface area contributed by atoms with E-state index in [1.165, 1.54) is 5.56 Å². The Balaban J connectivity index is 1.52. The molecule has 2 aromatic rings. The number of carbonyl (C=O) groups is 1. The highest BCUT2D eigenvalue weighted by atomic mass is 79.9. The fourth-order valence-corrected chi connectivity index (χ4v) is 3.24. The van der Waals surface area contributed by atoms with E-state index in [-0.39, 0.29) is 5.91 Å². The van der Waals surface area contributed by atoms with E-state index >= 15 is 0 Å². The molecule has 0 atom stereocenters. The van der Waals surface area contributed by atoms with Gasteiger partial charge in [-0.25, -0.2) is 0 Å². The molecule has 0 unspecified atom stereocenters. The van der Waals surface area contributed by atoms with Gasteiger partial charge in [0.25, 0.3) is 5.91 Å². The first-order valence-corrected chi connectivity index (χ1v) is 8.98. The van der Waals surface area contributed by atoms with Crippen molar-refractivity contribution in [3.8, 4) is 0 Å². The van der Waals surface area contributed by atoms with E-state index in [2.05, 4.69) is 32.2 Å². The minimum absolute atomic E-state index is 0.0319. The molecule has 3 rings (SSSR count). The first-order valence-electron chi connectivity index (χ1n) is 8.18. The maximum absolute atomic E-state index is 12.3. The molecule has 1 N–H and O–H groups in total. The van der Waals surface area contributed by atoms with Gasteiger partial charge in [-0.3, -0.25) is 4.79 Å². The standard InChI is InChI=1S/C19H21BrN2O2/c20-18-4-2-1-3-15(18)9-10-21-19(23)16-5-7-17(8-6-16)22-11-13-24-14-12-22/h1-8H,9-14H2,(H,21,23). The van der Waals surface area contributed by atoms with Crippen LogP contribution in [0, 0.1) is 0 Å². The summed E-state index contributed by atoms with van der Waals surface area (Å²) < 4.78 is 6.44. The summed E-state index contributed by atoms with van der Waals surface area (Å²) >= 11 is 3.53. The lowest BCUT2D eigenvalue weighted by Crippen LogP contribution is -2.36. The molecule has 0 spiro atoms. The molecule has 0 bridgehead atoms. The van der Waals surface area contributed by atoms with E-state index < -0.39 is 0 Å². The monoisotopic (exact) mass is 388 g/mol. The molecule has 0 aromatic heterocycles. The highest BCUT2D eigenvalue weighted by Crippen LogP contribution is 2.17. The lowest BCUT2D eigenvalue weighted by Gasteiger charge is -2.28. The Bertz CT molecular complexity index is 682. The number of ether oxygens (including phenoxy) is 1. The van der Waals surface area contributed by atoms with E-state index in [1.54, 1.807) is 0 Å². The number of morpholine rings is 1. The molecule has 2 aromatic carbocycles. The van der Waals surface area contributed by atoms with Crippen molar-refractivity contribution in [2.75, 3.05) is 37.7 Å². The molecule has 24 heavy (non-hydrogen) atoms. The van der Waals surface area contributed by atoms with Crippen LogP contribution < -0.4 is 10.2 Å². The van der Waals surface area contributed by atoms with Crippen LogP contribution in [-0.2, 0) is 11.2 Å². The zero-order chi connectivity index (χ0) is 16.8. The van der Waals surface area contributed by atoms with Crippen molar-refractivity contribution in [2.24, 2.45) is 0 Å². The number of nitrogens with zero attached hydrogens (tertiary/aromatic N) is 1. The van der Waals surface area contributed by atoms with Crippen molar-refractivity contribution < 1.29 is 9.53 Å². The predicted octanol–water partition coefficient (Wildman–Crippen LogP) is 3.26. The fraction of sp³-hybridized carbons (Fsp3) is 0.316. The van der Waals surface area contributed by atoms with E-state index in [1.807, 2.05) is 42.5 Å². The smallest absolute Gasteiger partial charge is 0.251 e. The SMILES string of the molecule is O=C(NCCc1ccccc1Br)c1ccc(N2CCOCC2)cc1. The van der Waals surface area contributed by atoms with E-state index in [4.69, 9.17) is 4.74 Å². The van der Waals surface area contributed by atoms with Crippen LogP contribution in [0.4, 0.5) is 5.69 Å². The number of anilines is 1. The van der Waals surface area contributed by atoms with Gasteiger partial charge in [0.15, 0.2) is 0 Å². The lowest BCUT2D eigenvalue weighted by molar-refractivity contribution is 0.0954. The third kappa shape index (κ3) is 4.36. The van der Waals surface area contributed by atoms with Crippen LogP contribution in [0.5, 0.6) is 0 Å². The largest absolute Gasteiger partial charge is 0.378 e. The van der Waals surface area contributed by atoms with Crippen LogP contribution in [0.2, 0.25) is 0 Å². The first-order chi connectivity index (χ1) is 11.7. The van der Waals surface area contributed by atoms with Gasteiger partial charge in [-0.1, -0.05) is 34.1 Å². The second-order valence-electron chi connectivity index (χ2n) is 5.74. The zero-order valence-corrected chi connectivity index (χ0v) is 15.1. The molecule has 1 aliphatic heterocycles. The normalized spacial score (nSPS) is 14.5. The molecule has 1 aliphatic rings. The Kier molecular flexibility index (Phi) is 5.88. The summed E-state index contributed by atoms with van der Waals surface area (Å²) in [6.45, 7) is 3.94. The molecule has 0 radical (unpaired) electrons. The van der Waals surface area contributed by atoms with Crippen LogP contribution in [0.1, 0.15) is 15.9 Å². The van der Waals surface area contributed by atoms with Crippen molar-refractivity contribution in [1.29, 1.82) is 0 Å². The Morgan fingerprint density at radius 3 is 2.50 bits per heavy atom. The van der Waals surface area contributed by atoms with E-state index in [0.29, 0.717) is 12.1 Å².